The molecule has 0 spiro atoms. The van der Waals surface area contributed by atoms with Gasteiger partial charge in [0.2, 0.25) is 0 Å². The first-order chi connectivity index (χ1) is 9.34. The fourth-order valence-corrected chi connectivity index (χ4v) is 1.60. The van der Waals surface area contributed by atoms with Crippen molar-refractivity contribution in [3.63, 3.8) is 0 Å². The minimum atomic E-state index is -1.07. The van der Waals surface area contributed by atoms with Crippen LogP contribution in [0.1, 0.15) is 32.1 Å². The van der Waals surface area contributed by atoms with Crippen LogP contribution < -0.4 is 16.8 Å². The summed E-state index contributed by atoms with van der Waals surface area (Å²) in [7, 11) is 0. The normalized spacial score (nSPS) is 15.6. The first-order valence-electron chi connectivity index (χ1n) is 6.70. The van der Waals surface area contributed by atoms with E-state index in [2.05, 4.69) is 5.32 Å². The Morgan fingerprint density at radius 3 is 2.05 bits per heavy atom. The zero-order valence-corrected chi connectivity index (χ0v) is 11.5. The number of hydrogen-bond acceptors (Lipinski definition) is 6. The van der Waals surface area contributed by atoms with Gasteiger partial charge in [-0.25, -0.2) is 0 Å². The first kappa shape index (κ1) is 18.8. The second kappa shape index (κ2) is 10.6. The third-order valence-electron chi connectivity index (χ3n) is 2.94. The Balaban J connectivity index is 3.46. The number of carboxylic acid groups (broad SMARTS) is 2. The molecule has 0 fully saturated rings. The molecular formula is C12H25N3O5. The Morgan fingerprint density at radius 2 is 1.50 bits per heavy atom. The Bertz CT molecular complexity index is 301. The number of unbranched alkanes of at least 4 members (excludes halogenated alkanes) is 1. The number of aliphatic hydroxyl groups excluding tert-OH is 1. The fraction of sp³-hybridized carbons (Fsp3) is 0.833. The van der Waals surface area contributed by atoms with Gasteiger partial charge in [-0.1, -0.05) is 6.42 Å². The Hall–Kier alpha value is -1.22. The number of rotatable bonds is 12. The predicted molar refractivity (Wildman–Crippen MR) is 73.2 cm³/mol. The number of aliphatic hydroxyl groups is 1. The van der Waals surface area contributed by atoms with Gasteiger partial charge in [-0.3, -0.25) is 9.59 Å². The number of nitrogens with one attached hydrogen (secondary N) is 1. The van der Waals surface area contributed by atoms with E-state index in [0.717, 1.165) is 6.42 Å². The van der Waals surface area contributed by atoms with Crippen molar-refractivity contribution in [1.29, 1.82) is 0 Å². The number of carbonyl (C=O) groups is 2. The largest absolute Gasteiger partial charge is 0.480 e. The molecule has 3 unspecified atom stereocenters. The van der Waals surface area contributed by atoms with Crippen molar-refractivity contribution in [3.8, 4) is 0 Å². The Kier molecular flexibility index (Phi) is 9.91. The minimum absolute atomic E-state index is 0.228. The molecule has 8 N–H and O–H groups in total. The van der Waals surface area contributed by atoms with Gasteiger partial charge in [0.1, 0.15) is 12.1 Å². The molecule has 0 saturated carbocycles. The summed E-state index contributed by atoms with van der Waals surface area (Å²) in [5, 5.41) is 29.8. The molecule has 0 aliphatic heterocycles. The average molecular weight is 291 g/mol. The predicted octanol–water partition coefficient (Wildman–Crippen LogP) is -1.29. The molecule has 0 aromatic carbocycles. The van der Waals surface area contributed by atoms with Crippen LogP contribution in [0.3, 0.4) is 0 Å². The summed E-state index contributed by atoms with van der Waals surface area (Å²) in [6.45, 7) is 1.01. The molecule has 0 aromatic rings. The highest BCUT2D eigenvalue weighted by Gasteiger charge is 2.14. The fourth-order valence-electron chi connectivity index (χ4n) is 1.60. The number of carboxylic acids is 2. The lowest BCUT2D eigenvalue weighted by Crippen LogP contribution is -2.33. The number of hydrogen-bond donors (Lipinski definition) is 6. The van der Waals surface area contributed by atoms with Gasteiger partial charge in [0.15, 0.2) is 0 Å². The highest BCUT2D eigenvalue weighted by atomic mass is 16.4. The van der Waals surface area contributed by atoms with E-state index in [0.29, 0.717) is 32.4 Å². The SMILES string of the molecule is NC(CCCCNCC(O)CCC(N)C(=O)O)C(=O)O. The molecular weight excluding hydrogens is 266 g/mol. The lowest BCUT2D eigenvalue weighted by Gasteiger charge is -2.13. The van der Waals surface area contributed by atoms with Gasteiger partial charge >= 0.3 is 11.9 Å². The second-order valence-electron chi connectivity index (χ2n) is 4.82. The highest BCUT2D eigenvalue weighted by Crippen LogP contribution is 2.01. The molecule has 0 heterocycles. The molecule has 0 bridgehead atoms. The van der Waals surface area contributed by atoms with E-state index in [1.54, 1.807) is 0 Å². The molecule has 0 aliphatic carbocycles. The van der Waals surface area contributed by atoms with Gasteiger partial charge in [-0.15, -0.1) is 0 Å². The van der Waals surface area contributed by atoms with E-state index in [1.807, 2.05) is 0 Å². The molecule has 8 nitrogen and oxygen atoms in total. The summed E-state index contributed by atoms with van der Waals surface area (Å²) in [6, 6.07) is -1.76. The highest BCUT2D eigenvalue weighted by molar-refractivity contribution is 5.73. The standard InChI is InChI=1S/C12H25N3O5/c13-9(11(17)18)3-1-2-6-15-7-8(16)4-5-10(14)12(19)20/h8-10,15-16H,1-7,13-14H2,(H,17,18)(H,19,20). The monoisotopic (exact) mass is 291 g/mol. The van der Waals surface area contributed by atoms with Crippen molar-refractivity contribution in [2.24, 2.45) is 11.5 Å². The third kappa shape index (κ3) is 9.68. The van der Waals surface area contributed by atoms with Gasteiger partial charge in [0.25, 0.3) is 0 Å². The van der Waals surface area contributed by atoms with E-state index >= 15 is 0 Å². The molecule has 0 aromatic heterocycles. The van der Waals surface area contributed by atoms with Crippen molar-refractivity contribution in [2.75, 3.05) is 13.1 Å². The summed E-state index contributed by atoms with van der Waals surface area (Å²) >= 11 is 0. The second-order valence-corrected chi connectivity index (χ2v) is 4.82. The number of nitrogens with two attached hydrogens (primary N) is 2. The zero-order valence-electron chi connectivity index (χ0n) is 11.5. The van der Waals surface area contributed by atoms with Gasteiger partial charge in [-0.2, -0.15) is 0 Å². The molecule has 0 aliphatic rings. The topological polar surface area (TPSA) is 159 Å². The summed E-state index contributed by atoms with van der Waals surface area (Å²) in [5.74, 6) is -2.07. The third-order valence-corrected chi connectivity index (χ3v) is 2.94. The average Bonchev–Trinajstić information content (AvgIpc) is 2.39. The maximum Gasteiger partial charge on any atom is 0.320 e. The Labute approximate surface area is 118 Å². The van der Waals surface area contributed by atoms with Crippen LogP contribution in [-0.2, 0) is 9.59 Å². The van der Waals surface area contributed by atoms with Crippen LogP contribution in [0.25, 0.3) is 0 Å². The van der Waals surface area contributed by atoms with Crippen molar-refractivity contribution in [1.82, 2.24) is 5.32 Å². The molecule has 0 radical (unpaired) electrons. The summed E-state index contributed by atoms with van der Waals surface area (Å²) in [4.78, 5) is 20.9. The van der Waals surface area contributed by atoms with Crippen molar-refractivity contribution < 1.29 is 24.9 Å². The van der Waals surface area contributed by atoms with Crippen LogP contribution in [-0.4, -0.2) is 58.5 Å². The van der Waals surface area contributed by atoms with Crippen LogP contribution in [0.4, 0.5) is 0 Å². The van der Waals surface area contributed by atoms with E-state index in [9.17, 15) is 14.7 Å². The van der Waals surface area contributed by atoms with Crippen molar-refractivity contribution in [2.45, 2.75) is 50.3 Å². The van der Waals surface area contributed by atoms with Crippen LogP contribution >= 0.6 is 0 Å². The van der Waals surface area contributed by atoms with Gasteiger partial charge in [0.05, 0.1) is 6.10 Å². The van der Waals surface area contributed by atoms with E-state index in [-0.39, 0.29) is 6.42 Å². The maximum absolute atomic E-state index is 10.5. The molecule has 0 amide bonds. The number of aliphatic carboxylic acids is 2. The van der Waals surface area contributed by atoms with E-state index in [4.69, 9.17) is 21.7 Å². The first-order valence-corrected chi connectivity index (χ1v) is 6.70. The van der Waals surface area contributed by atoms with Gasteiger partial charge in [0, 0.05) is 6.54 Å². The lowest BCUT2D eigenvalue weighted by molar-refractivity contribution is -0.139. The maximum atomic E-state index is 10.5. The zero-order chi connectivity index (χ0) is 15.5. The van der Waals surface area contributed by atoms with Gasteiger partial charge in [-0.05, 0) is 32.2 Å². The van der Waals surface area contributed by atoms with E-state index in [1.165, 1.54) is 0 Å². The van der Waals surface area contributed by atoms with Crippen LogP contribution in [0, 0.1) is 0 Å². The minimum Gasteiger partial charge on any atom is -0.480 e. The molecule has 0 rings (SSSR count). The van der Waals surface area contributed by atoms with Crippen molar-refractivity contribution >= 4 is 11.9 Å². The molecule has 3 atom stereocenters. The van der Waals surface area contributed by atoms with Gasteiger partial charge < -0.3 is 32.1 Å². The molecule has 118 valence electrons. The summed E-state index contributed by atoms with van der Waals surface area (Å²) in [5.41, 5.74) is 10.7. The summed E-state index contributed by atoms with van der Waals surface area (Å²) in [6.07, 6.45) is 1.80. The van der Waals surface area contributed by atoms with Crippen LogP contribution in [0.2, 0.25) is 0 Å². The quantitative estimate of drug-likeness (QED) is 0.242. The van der Waals surface area contributed by atoms with Crippen LogP contribution in [0.5, 0.6) is 0 Å². The molecule has 8 heteroatoms. The van der Waals surface area contributed by atoms with Crippen molar-refractivity contribution in [3.05, 3.63) is 0 Å². The summed E-state index contributed by atoms with van der Waals surface area (Å²) < 4.78 is 0. The van der Waals surface area contributed by atoms with Crippen LogP contribution in [0.15, 0.2) is 0 Å². The Morgan fingerprint density at radius 1 is 0.950 bits per heavy atom. The molecule has 0 saturated heterocycles. The molecule has 20 heavy (non-hydrogen) atoms. The smallest absolute Gasteiger partial charge is 0.320 e. The lowest BCUT2D eigenvalue weighted by atomic mass is 10.1. The van der Waals surface area contributed by atoms with E-state index < -0.39 is 30.1 Å².